The number of amides is 1. The molecule has 1 amide bonds. The molecule has 0 atom stereocenters. The van der Waals surface area contributed by atoms with Crippen molar-refractivity contribution >= 4 is 11.6 Å². The van der Waals surface area contributed by atoms with Gasteiger partial charge in [0.2, 0.25) is 0 Å². The number of carbonyl (C=O) groups excluding carboxylic acids is 1. The van der Waals surface area contributed by atoms with Crippen LogP contribution < -0.4 is 5.32 Å². The van der Waals surface area contributed by atoms with Crippen molar-refractivity contribution in [1.82, 2.24) is 9.80 Å². The first-order chi connectivity index (χ1) is 12.2. The third-order valence-electron chi connectivity index (χ3n) is 4.51. The van der Waals surface area contributed by atoms with Crippen LogP contribution in [-0.2, 0) is 6.54 Å². The Labute approximate surface area is 148 Å². The topological polar surface area (TPSA) is 55.8 Å². The van der Waals surface area contributed by atoms with Gasteiger partial charge in [-0.1, -0.05) is 30.3 Å². The minimum atomic E-state index is -0.0826. The predicted octanol–water partition coefficient (Wildman–Crippen LogP) is 2.05. The molecule has 1 fully saturated rings. The number of aliphatic hydroxyl groups excluding tert-OH is 1. The molecular formula is C20H25N3O2. The number of carbonyl (C=O) groups is 1. The zero-order chi connectivity index (χ0) is 17.5. The number of benzene rings is 2. The fourth-order valence-electron chi connectivity index (χ4n) is 3.11. The summed E-state index contributed by atoms with van der Waals surface area (Å²) < 4.78 is 0. The summed E-state index contributed by atoms with van der Waals surface area (Å²) in [4.78, 5) is 17.1. The second kappa shape index (κ2) is 8.76. The molecule has 2 N–H and O–H groups in total. The minimum Gasteiger partial charge on any atom is -0.395 e. The average molecular weight is 339 g/mol. The van der Waals surface area contributed by atoms with Crippen molar-refractivity contribution in [3.8, 4) is 0 Å². The lowest BCUT2D eigenvalue weighted by atomic mass is 10.1. The Kier molecular flexibility index (Phi) is 6.17. The van der Waals surface area contributed by atoms with E-state index in [1.165, 1.54) is 0 Å². The Morgan fingerprint density at radius 2 is 1.68 bits per heavy atom. The van der Waals surface area contributed by atoms with Gasteiger partial charge < -0.3 is 10.4 Å². The molecule has 2 aromatic rings. The van der Waals surface area contributed by atoms with Crippen LogP contribution in [0.2, 0.25) is 0 Å². The monoisotopic (exact) mass is 339 g/mol. The normalized spacial score (nSPS) is 15.9. The molecular weight excluding hydrogens is 314 g/mol. The van der Waals surface area contributed by atoms with Crippen LogP contribution in [0.25, 0.3) is 0 Å². The second-order valence-corrected chi connectivity index (χ2v) is 6.36. The molecule has 0 bridgehead atoms. The highest BCUT2D eigenvalue weighted by Crippen LogP contribution is 2.13. The maximum atomic E-state index is 12.4. The van der Waals surface area contributed by atoms with Crippen molar-refractivity contribution in [2.75, 3.05) is 44.6 Å². The van der Waals surface area contributed by atoms with Gasteiger partial charge in [0.25, 0.3) is 5.91 Å². The summed E-state index contributed by atoms with van der Waals surface area (Å²) in [6, 6.07) is 17.3. The van der Waals surface area contributed by atoms with E-state index in [-0.39, 0.29) is 12.5 Å². The summed E-state index contributed by atoms with van der Waals surface area (Å²) in [6.07, 6.45) is 0. The lowest BCUT2D eigenvalue weighted by Gasteiger charge is -2.34. The Bertz CT molecular complexity index is 682. The van der Waals surface area contributed by atoms with Gasteiger partial charge in [-0.3, -0.25) is 14.6 Å². The van der Waals surface area contributed by atoms with Crippen LogP contribution in [0, 0.1) is 0 Å². The Morgan fingerprint density at radius 1 is 0.960 bits per heavy atom. The van der Waals surface area contributed by atoms with Crippen molar-refractivity contribution in [3.63, 3.8) is 0 Å². The van der Waals surface area contributed by atoms with E-state index in [0.717, 1.165) is 50.5 Å². The fourth-order valence-corrected chi connectivity index (χ4v) is 3.11. The van der Waals surface area contributed by atoms with Gasteiger partial charge in [0.15, 0.2) is 0 Å². The van der Waals surface area contributed by atoms with E-state index in [1.807, 2.05) is 48.5 Å². The zero-order valence-corrected chi connectivity index (χ0v) is 14.4. The van der Waals surface area contributed by atoms with Gasteiger partial charge in [-0.25, -0.2) is 0 Å². The quantitative estimate of drug-likeness (QED) is 0.846. The highest BCUT2D eigenvalue weighted by Gasteiger charge is 2.16. The van der Waals surface area contributed by atoms with Crippen LogP contribution in [0.15, 0.2) is 54.6 Å². The van der Waals surface area contributed by atoms with Crippen molar-refractivity contribution in [2.45, 2.75) is 6.54 Å². The van der Waals surface area contributed by atoms with E-state index < -0.39 is 0 Å². The maximum absolute atomic E-state index is 12.4. The van der Waals surface area contributed by atoms with Gasteiger partial charge in [0.1, 0.15) is 0 Å². The number of para-hydroxylation sites is 1. The molecule has 25 heavy (non-hydrogen) atoms. The molecule has 0 radical (unpaired) electrons. The Balaban J connectivity index is 1.57. The summed E-state index contributed by atoms with van der Waals surface area (Å²) in [7, 11) is 0. The fraction of sp³-hybridized carbons (Fsp3) is 0.350. The van der Waals surface area contributed by atoms with E-state index in [1.54, 1.807) is 0 Å². The minimum absolute atomic E-state index is 0.0826. The number of nitrogens with zero attached hydrogens (tertiary/aromatic N) is 2. The molecule has 5 nitrogen and oxygen atoms in total. The number of aliphatic hydroxyl groups is 1. The highest BCUT2D eigenvalue weighted by atomic mass is 16.3. The molecule has 1 aliphatic heterocycles. The molecule has 0 spiro atoms. The van der Waals surface area contributed by atoms with E-state index in [4.69, 9.17) is 5.11 Å². The lowest BCUT2D eigenvalue weighted by molar-refractivity contribution is 0.102. The molecule has 1 aliphatic rings. The number of hydrogen-bond donors (Lipinski definition) is 2. The zero-order valence-electron chi connectivity index (χ0n) is 14.4. The molecule has 5 heteroatoms. The standard InChI is InChI=1S/C20H25N3O2/c24-14-13-22-9-11-23(12-10-22)16-17-5-4-6-18(15-17)20(25)21-19-7-2-1-3-8-19/h1-8,15,24H,9-14,16H2,(H,21,25). The summed E-state index contributed by atoms with van der Waals surface area (Å²) in [6.45, 7) is 5.76. The maximum Gasteiger partial charge on any atom is 0.255 e. The number of piperazine rings is 1. The van der Waals surface area contributed by atoms with Crippen LogP contribution in [0.3, 0.4) is 0 Å². The van der Waals surface area contributed by atoms with Crippen LogP contribution in [-0.4, -0.2) is 60.1 Å². The molecule has 132 valence electrons. The summed E-state index contributed by atoms with van der Waals surface area (Å²) >= 11 is 0. The van der Waals surface area contributed by atoms with Crippen LogP contribution >= 0.6 is 0 Å². The summed E-state index contributed by atoms with van der Waals surface area (Å²) in [5.74, 6) is -0.0826. The van der Waals surface area contributed by atoms with E-state index >= 15 is 0 Å². The Hall–Kier alpha value is -2.21. The van der Waals surface area contributed by atoms with Crippen LogP contribution in [0.4, 0.5) is 5.69 Å². The van der Waals surface area contributed by atoms with Gasteiger partial charge in [-0.05, 0) is 29.8 Å². The van der Waals surface area contributed by atoms with Crippen molar-refractivity contribution in [3.05, 3.63) is 65.7 Å². The highest BCUT2D eigenvalue weighted by molar-refractivity contribution is 6.04. The van der Waals surface area contributed by atoms with Crippen LogP contribution in [0.1, 0.15) is 15.9 Å². The number of nitrogens with one attached hydrogen (secondary N) is 1. The lowest BCUT2D eigenvalue weighted by Crippen LogP contribution is -2.46. The number of rotatable bonds is 6. The van der Waals surface area contributed by atoms with Crippen LogP contribution in [0.5, 0.6) is 0 Å². The largest absolute Gasteiger partial charge is 0.395 e. The summed E-state index contributed by atoms with van der Waals surface area (Å²) in [5, 5.41) is 11.9. The third kappa shape index (κ3) is 5.13. The molecule has 0 saturated carbocycles. The molecule has 1 heterocycles. The Morgan fingerprint density at radius 3 is 2.40 bits per heavy atom. The molecule has 0 aliphatic carbocycles. The van der Waals surface area contributed by atoms with E-state index in [9.17, 15) is 4.79 Å². The number of anilines is 1. The first kappa shape index (κ1) is 17.6. The molecule has 0 unspecified atom stereocenters. The first-order valence-electron chi connectivity index (χ1n) is 8.75. The van der Waals surface area contributed by atoms with Gasteiger partial charge in [0, 0.05) is 50.5 Å². The van der Waals surface area contributed by atoms with Crippen molar-refractivity contribution in [1.29, 1.82) is 0 Å². The SMILES string of the molecule is O=C(Nc1ccccc1)c1cccc(CN2CCN(CCO)CC2)c1. The second-order valence-electron chi connectivity index (χ2n) is 6.36. The first-order valence-corrected chi connectivity index (χ1v) is 8.75. The average Bonchev–Trinajstić information content (AvgIpc) is 2.65. The van der Waals surface area contributed by atoms with Crippen molar-refractivity contribution in [2.24, 2.45) is 0 Å². The van der Waals surface area contributed by atoms with E-state index in [2.05, 4.69) is 21.2 Å². The van der Waals surface area contributed by atoms with Gasteiger partial charge in [-0.15, -0.1) is 0 Å². The van der Waals surface area contributed by atoms with Gasteiger partial charge in [0.05, 0.1) is 6.61 Å². The number of hydrogen-bond acceptors (Lipinski definition) is 4. The number of β-amino-alcohol motifs (C(OH)–C–C–N with tert-alkyl or cyclic N) is 1. The van der Waals surface area contributed by atoms with E-state index in [0.29, 0.717) is 5.56 Å². The van der Waals surface area contributed by atoms with Gasteiger partial charge in [-0.2, -0.15) is 0 Å². The smallest absolute Gasteiger partial charge is 0.255 e. The van der Waals surface area contributed by atoms with Gasteiger partial charge >= 0.3 is 0 Å². The molecule has 2 aromatic carbocycles. The summed E-state index contributed by atoms with van der Waals surface area (Å²) in [5.41, 5.74) is 2.63. The third-order valence-corrected chi connectivity index (χ3v) is 4.51. The molecule has 0 aromatic heterocycles. The molecule has 3 rings (SSSR count). The molecule has 1 saturated heterocycles. The predicted molar refractivity (Wildman–Crippen MR) is 99.6 cm³/mol. The van der Waals surface area contributed by atoms with Crippen molar-refractivity contribution < 1.29 is 9.90 Å².